The molecule has 0 spiro atoms. The Morgan fingerprint density at radius 3 is 2.46 bits per heavy atom. The minimum absolute atomic E-state index is 0.0169. The van der Waals surface area contributed by atoms with Gasteiger partial charge < -0.3 is 10.2 Å². The summed E-state index contributed by atoms with van der Waals surface area (Å²) in [7, 11) is -3.27. The van der Waals surface area contributed by atoms with Crippen LogP contribution >= 0.6 is 23.1 Å². The van der Waals surface area contributed by atoms with Crippen LogP contribution < -0.4 is 10.0 Å². The van der Waals surface area contributed by atoms with Crippen molar-refractivity contribution >= 4 is 44.7 Å². The predicted octanol–water partition coefficient (Wildman–Crippen LogP) is 3.09. The molecular weight excluding hydrogens is 414 g/mol. The summed E-state index contributed by atoms with van der Waals surface area (Å²) in [5, 5.41) is 3.23. The quantitative estimate of drug-likeness (QED) is 0.726. The van der Waals surface area contributed by atoms with E-state index in [1.54, 1.807) is 23.9 Å². The van der Waals surface area contributed by atoms with Crippen molar-refractivity contribution in [3.8, 4) is 0 Å². The van der Waals surface area contributed by atoms with Crippen LogP contribution in [-0.2, 0) is 10.0 Å². The van der Waals surface area contributed by atoms with Gasteiger partial charge in [-0.3, -0.25) is 9.52 Å². The Hall–Kier alpha value is -1.55. The fourth-order valence-electron chi connectivity index (χ4n) is 3.79. The van der Waals surface area contributed by atoms with Crippen LogP contribution in [-0.4, -0.2) is 51.2 Å². The first-order valence-electron chi connectivity index (χ1n) is 9.24. The third-order valence-corrected chi connectivity index (χ3v) is 7.98. The number of anilines is 1. The van der Waals surface area contributed by atoms with Gasteiger partial charge in [-0.25, -0.2) is 8.42 Å². The van der Waals surface area contributed by atoms with Gasteiger partial charge in [0.05, 0.1) is 15.3 Å². The van der Waals surface area contributed by atoms with Crippen molar-refractivity contribution in [2.24, 2.45) is 5.92 Å². The molecule has 1 aromatic carbocycles. The Morgan fingerprint density at radius 2 is 1.86 bits per heavy atom. The third kappa shape index (κ3) is 4.89. The molecule has 0 unspecified atom stereocenters. The summed E-state index contributed by atoms with van der Waals surface area (Å²) in [6.07, 6.45) is 3.49. The zero-order valence-electron chi connectivity index (χ0n) is 15.6. The van der Waals surface area contributed by atoms with Gasteiger partial charge in [0.25, 0.3) is 5.91 Å². The normalized spacial score (nSPS) is 24.1. The number of benzene rings is 1. The minimum atomic E-state index is -3.27. The first-order chi connectivity index (χ1) is 13.4. The van der Waals surface area contributed by atoms with Gasteiger partial charge in [-0.15, -0.1) is 11.3 Å². The van der Waals surface area contributed by atoms with Gasteiger partial charge in [0.15, 0.2) is 0 Å². The summed E-state index contributed by atoms with van der Waals surface area (Å²) in [6.45, 7) is 3.29. The van der Waals surface area contributed by atoms with Gasteiger partial charge in [0.2, 0.25) is 10.0 Å². The summed E-state index contributed by atoms with van der Waals surface area (Å²) in [5.74, 6) is 0.630. The zero-order chi connectivity index (χ0) is 19.7. The van der Waals surface area contributed by atoms with Crippen molar-refractivity contribution in [3.05, 3.63) is 41.3 Å². The Labute approximate surface area is 173 Å². The molecule has 2 N–H and O–H groups in total. The second-order valence-electron chi connectivity index (χ2n) is 7.34. The maximum Gasteiger partial charge on any atom is 0.261 e. The van der Waals surface area contributed by atoms with Gasteiger partial charge in [-0.1, -0.05) is 11.8 Å². The first-order valence-corrected chi connectivity index (χ1v) is 12.8. The maximum atomic E-state index is 12.6. The van der Waals surface area contributed by atoms with Gasteiger partial charge in [0, 0.05) is 23.2 Å². The predicted molar refractivity (Wildman–Crippen MR) is 114 cm³/mol. The molecule has 28 heavy (non-hydrogen) atoms. The number of amides is 1. The zero-order valence-corrected chi connectivity index (χ0v) is 18.0. The van der Waals surface area contributed by atoms with Crippen molar-refractivity contribution in [1.29, 1.82) is 0 Å². The lowest BCUT2D eigenvalue weighted by Crippen LogP contribution is -2.57. The van der Waals surface area contributed by atoms with Crippen molar-refractivity contribution in [2.45, 2.75) is 28.0 Å². The van der Waals surface area contributed by atoms with Crippen LogP contribution in [0.4, 0.5) is 5.69 Å². The van der Waals surface area contributed by atoms with Gasteiger partial charge in [0.1, 0.15) is 0 Å². The Kier molecular flexibility index (Phi) is 5.69. The largest absolute Gasteiger partial charge is 0.347 e. The number of fused-ring (bicyclic) bond motifs is 3. The van der Waals surface area contributed by atoms with Crippen LogP contribution in [0.15, 0.2) is 45.5 Å². The van der Waals surface area contributed by atoms with Crippen LogP contribution in [0.5, 0.6) is 0 Å². The molecule has 0 saturated carbocycles. The number of carbonyl (C=O) groups excluding carboxylic acids is 1. The van der Waals surface area contributed by atoms with E-state index >= 15 is 0 Å². The average Bonchev–Trinajstić information content (AvgIpc) is 3.12. The van der Waals surface area contributed by atoms with E-state index in [4.69, 9.17) is 0 Å². The van der Waals surface area contributed by atoms with Crippen LogP contribution in [0.2, 0.25) is 0 Å². The van der Waals surface area contributed by atoms with E-state index in [0.717, 1.165) is 39.9 Å². The molecule has 3 saturated heterocycles. The minimum Gasteiger partial charge on any atom is -0.347 e. The monoisotopic (exact) mass is 437 g/mol. The summed E-state index contributed by atoms with van der Waals surface area (Å²) in [6, 6.07) is 11.3. The second kappa shape index (κ2) is 8.06. The molecule has 1 atom stereocenters. The van der Waals surface area contributed by atoms with Gasteiger partial charge in [-0.05, 0) is 68.2 Å². The molecule has 150 valence electrons. The van der Waals surface area contributed by atoms with Crippen LogP contribution in [0.1, 0.15) is 22.5 Å². The lowest BCUT2D eigenvalue weighted by atomic mass is 9.84. The molecule has 1 aromatic heterocycles. The number of hydrogen-bond acceptors (Lipinski definition) is 6. The molecule has 3 aliphatic rings. The number of hydrogen-bond donors (Lipinski definition) is 2. The van der Waals surface area contributed by atoms with E-state index in [9.17, 15) is 13.2 Å². The lowest BCUT2D eigenvalue weighted by Gasteiger charge is -2.44. The number of sulfonamides is 1. The summed E-state index contributed by atoms with van der Waals surface area (Å²) >= 11 is 3.05. The van der Waals surface area contributed by atoms with E-state index in [1.165, 1.54) is 24.2 Å². The number of piperidine rings is 3. The number of thiophene rings is 1. The highest BCUT2D eigenvalue weighted by Crippen LogP contribution is 2.34. The van der Waals surface area contributed by atoms with Gasteiger partial charge in [-0.2, -0.15) is 0 Å². The maximum absolute atomic E-state index is 12.6. The van der Waals surface area contributed by atoms with E-state index < -0.39 is 10.0 Å². The molecule has 9 heteroatoms. The van der Waals surface area contributed by atoms with E-state index in [1.807, 2.05) is 24.3 Å². The van der Waals surface area contributed by atoms with Gasteiger partial charge >= 0.3 is 0 Å². The number of nitrogens with zero attached hydrogens (tertiary/aromatic N) is 1. The van der Waals surface area contributed by atoms with E-state index in [0.29, 0.717) is 11.6 Å². The number of rotatable bonds is 6. The molecule has 6 nitrogen and oxygen atoms in total. The first kappa shape index (κ1) is 19.8. The summed E-state index contributed by atoms with van der Waals surface area (Å²) < 4.78 is 26.0. The van der Waals surface area contributed by atoms with Crippen LogP contribution in [0, 0.1) is 5.92 Å². The molecule has 2 bridgehead atoms. The highest BCUT2D eigenvalue weighted by Gasteiger charge is 2.35. The molecule has 4 heterocycles. The highest BCUT2D eigenvalue weighted by atomic mass is 32.2. The Balaban J connectivity index is 1.35. The second-order valence-corrected chi connectivity index (χ2v) is 11.5. The SMILES string of the molecule is CS(=O)(=O)Nc1ccc(Sc2ccc(C(=O)N[C@H]3CN4CCC3CC4)s2)cc1. The number of carbonyl (C=O) groups is 1. The standard InChI is InChI=1S/C19H23N3O3S3/c1-28(24,25)21-14-2-4-15(5-3-14)26-18-7-6-17(27-18)19(23)20-16-12-22-10-8-13(16)9-11-22/h2-7,13,16,21H,8-12H2,1H3,(H,20,23)/t16-/m0/s1. The summed E-state index contributed by atoms with van der Waals surface area (Å²) in [5.41, 5.74) is 0.538. The average molecular weight is 438 g/mol. The molecule has 2 aromatic rings. The molecule has 3 fully saturated rings. The lowest BCUT2D eigenvalue weighted by molar-refractivity contribution is 0.0622. The highest BCUT2D eigenvalue weighted by molar-refractivity contribution is 8.01. The molecule has 3 aliphatic heterocycles. The summed E-state index contributed by atoms with van der Waals surface area (Å²) in [4.78, 5) is 16.8. The molecule has 0 radical (unpaired) electrons. The molecular formula is C19H23N3O3S3. The Morgan fingerprint density at radius 1 is 1.14 bits per heavy atom. The topological polar surface area (TPSA) is 78.5 Å². The van der Waals surface area contributed by atoms with Crippen molar-refractivity contribution in [2.75, 3.05) is 30.6 Å². The fraction of sp³-hybridized carbons (Fsp3) is 0.421. The van der Waals surface area contributed by atoms with E-state index in [2.05, 4.69) is 14.9 Å². The smallest absolute Gasteiger partial charge is 0.261 e. The van der Waals surface area contributed by atoms with Crippen molar-refractivity contribution < 1.29 is 13.2 Å². The van der Waals surface area contributed by atoms with Crippen molar-refractivity contribution in [3.63, 3.8) is 0 Å². The Bertz CT molecular complexity index is 948. The molecule has 5 rings (SSSR count). The van der Waals surface area contributed by atoms with E-state index in [-0.39, 0.29) is 11.9 Å². The number of nitrogens with one attached hydrogen (secondary N) is 2. The van der Waals surface area contributed by atoms with Crippen LogP contribution in [0.3, 0.4) is 0 Å². The molecule has 0 aliphatic carbocycles. The third-order valence-electron chi connectivity index (χ3n) is 5.15. The van der Waals surface area contributed by atoms with Crippen LogP contribution in [0.25, 0.3) is 0 Å². The molecule has 1 amide bonds. The fourth-order valence-corrected chi connectivity index (χ4v) is 6.36. The van der Waals surface area contributed by atoms with Crippen molar-refractivity contribution in [1.82, 2.24) is 10.2 Å².